The van der Waals surface area contributed by atoms with Crippen molar-refractivity contribution in [1.29, 1.82) is 0 Å². The summed E-state index contributed by atoms with van der Waals surface area (Å²) in [4.78, 5) is 28.5. The number of imidazole rings is 1. The van der Waals surface area contributed by atoms with Crippen LogP contribution in [0, 0.1) is 0 Å². The molecule has 3 N–H and O–H groups in total. The molecule has 7 nitrogen and oxygen atoms in total. The molecule has 0 saturated heterocycles. The van der Waals surface area contributed by atoms with E-state index in [0.29, 0.717) is 5.69 Å². The molecule has 20 heavy (non-hydrogen) atoms. The predicted molar refractivity (Wildman–Crippen MR) is 58.7 cm³/mol. The van der Waals surface area contributed by atoms with Crippen LogP contribution in [0.25, 0.3) is 0 Å². The number of carboxylic acid groups (broad SMARTS) is 1. The number of halogens is 3. The van der Waals surface area contributed by atoms with Gasteiger partial charge in [-0.05, 0) is 0 Å². The molecule has 1 rings (SSSR count). The van der Waals surface area contributed by atoms with E-state index in [4.69, 9.17) is 5.11 Å². The summed E-state index contributed by atoms with van der Waals surface area (Å²) in [6.07, 6.45) is -1.90. The van der Waals surface area contributed by atoms with Crippen molar-refractivity contribution in [3.63, 3.8) is 0 Å². The van der Waals surface area contributed by atoms with E-state index in [1.54, 1.807) is 0 Å². The van der Waals surface area contributed by atoms with E-state index < -0.39 is 37.3 Å². The predicted octanol–water partition coefficient (Wildman–Crippen LogP) is 0.101. The lowest BCUT2D eigenvalue weighted by molar-refractivity contribution is -0.176. The van der Waals surface area contributed by atoms with Gasteiger partial charge in [-0.25, -0.2) is 9.78 Å². The number of hydrogen-bond acceptors (Lipinski definition) is 4. The molecule has 1 heterocycles. The van der Waals surface area contributed by atoms with Gasteiger partial charge in [0.1, 0.15) is 19.3 Å². The van der Waals surface area contributed by atoms with Crippen LogP contribution in [-0.4, -0.2) is 52.4 Å². The third-order valence-corrected chi connectivity index (χ3v) is 2.11. The topological polar surface area (TPSA) is 104 Å². The Hall–Kier alpha value is -2.10. The molecule has 1 aromatic heterocycles. The minimum Gasteiger partial charge on any atom is -0.480 e. The van der Waals surface area contributed by atoms with Crippen LogP contribution in [-0.2, 0) is 20.7 Å². The molecule has 0 spiro atoms. The molecule has 1 aromatic rings. The molecule has 0 bridgehead atoms. The third-order valence-electron chi connectivity index (χ3n) is 2.11. The molecule has 112 valence electrons. The number of carbonyl (C=O) groups excluding carboxylic acids is 1. The summed E-state index contributed by atoms with van der Waals surface area (Å²) in [7, 11) is 0. The number of ether oxygens (including phenoxy) is 1. The third kappa shape index (κ3) is 6.18. The summed E-state index contributed by atoms with van der Waals surface area (Å²) in [6, 6.07) is -1.28. The number of hydrogen-bond donors (Lipinski definition) is 3. The van der Waals surface area contributed by atoms with Gasteiger partial charge >= 0.3 is 12.1 Å². The molecule has 1 unspecified atom stereocenters. The molecule has 0 radical (unpaired) electrons. The highest BCUT2D eigenvalue weighted by Crippen LogP contribution is 2.14. The van der Waals surface area contributed by atoms with Crippen molar-refractivity contribution in [1.82, 2.24) is 15.3 Å². The maximum Gasteiger partial charge on any atom is 0.411 e. The van der Waals surface area contributed by atoms with Crippen molar-refractivity contribution in [2.45, 2.75) is 18.6 Å². The van der Waals surface area contributed by atoms with Gasteiger partial charge < -0.3 is 20.1 Å². The zero-order valence-corrected chi connectivity index (χ0v) is 10.1. The van der Waals surface area contributed by atoms with Gasteiger partial charge in [0.05, 0.1) is 6.33 Å². The quantitative estimate of drug-likeness (QED) is 0.662. The summed E-state index contributed by atoms with van der Waals surface area (Å²) in [5, 5.41) is 11.0. The van der Waals surface area contributed by atoms with Gasteiger partial charge in [0.25, 0.3) is 0 Å². The Kier molecular flexibility index (Phi) is 5.50. The van der Waals surface area contributed by atoms with Crippen molar-refractivity contribution in [2.24, 2.45) is 0 Å². The number of amides is 1. The van der Waals surface area contributed by atoms with Crippen molar-refractivity contribution >= 4 is 11.9 Å². The van der Waals surface area contributed by atoms with Crippen molar-refractivity contribution in [3.05, 3.63) is 18.2 Å². The fourth-order valence-corrected chi connectivity index (χ4v) is 1.31. The maximum atomic E-state index is 11.8. The number of nitrogens with one attached hydrogen (secondary N) is 2. The lowest BCUT2D eigenvalue weighted by Crippen LogP contribution is -2.44. The summed E-state index contributed by atoms with van der Waals surface area (Å²) < 4.78 is 39.5. The monoisotopic (exact) mass is 295 g/mol. The van der Waals surface area contributed by atoms with Gasteiger partial charge in [-0.15, -0.1) is 0 Å². The van der Waals surface area contributed by atoms with Gasteiger partial charge in [-0.2, -0.15) is 13.2 Å². The molecule has 10 heteroatoms. The minimum atomic E-state index is -4.54. The lowest BCUT2D eigenvalue weighted by Gasteiger charge is -2.14. The second-order valence-electron chi connectivity index (χ2n) is 3.85. The van der Waals surface area contributed by atoms with Crippen LogP contribution in [0.5, 0.6) is 0 Å². The van der Waals surface area contributed by atoms with Gasteiger partial charge in [0, 0.05) is 18.3 Å². The average Bonchev–Trinajstić information content (AvgIpc) is 2.79. The van der Waals surface area contributed by atoms with E-state index in [1.165, 1.54) is 12.5 Å². The molecular formula is C10H12F3N3O4. The van der Waals surface area contributed by atoms with Crippen LogP contribution < -0.4 is 5.32 Å². The number of aliphatic carboxylic acids is 1. The van der Waals surface area contributed by atoms with E-state index in [0.717, 1.165) is 0 Å². The summed E-state index contributed by atoms with van der Waals surface area (Å²) >= 11 is 0. The Labute approximate surface area is 111 Å². The average molecular weight is 295 g/mol. The zero-order chi connectivity index (χ0) is 15.2. The van der Waals surface area contributed by atoms with E-state index in [9.17, 15) is 22.8 Å². The van der Waals surface area contributed by atoms with E-state index in [-0.39, 0.29) is 6.42 Å². The first-order chi connectivity index (χ1) is 9.28. The minimum absolute atomic E-state index is 0.0691. The smallest absolute Gasteiger partial charge is 0.411 e. The lowest BCUT2D eigenvalue weighted by atomic mass is 10.1. The Morgan fingerprint density at radius 3 is 2.70 bits per heavy atom. The first kappa shape index (κ1) is 16.0. The molecule has 0 aliphatic heterocycles. The molecule has 0 aliphatic carbocycles. The maximum absolute atomic E-state index is 11.8. The second kappa shape index (κ2) is 6.89. The van der Waals surface area contributed by atoms with Crippen molar-refractivity contribution < 1.29 is 32.6 Å². The van der Waals surface area contributed by atoms with Crippen LogP contribution >= 0.6 is 0 Å². The first-order valence-corrected chi connectivity index (χ1v) is 5.42. The van der Waals surface area contributed by atoms with Gasteiger partial charge in [0.15, 0.2) is 0 Å². The standard InChI is InChI=1S/C10H12F3N3O4/c11-10(12,13)4-20-3-8(17)16-7(9(18)19)1-6-2-14-5-15-6/h2,5,7H,1,3-4H2,(H,14,15)(H,16,17)(H,18,19). The molecule has 0 aliphatic rings. The number of alkyl halides is 3. The summed E-state index contributed by atoms with van der Waals surface area (Å²) in [6.45, 7) is -2.44. The second-order valence-corrected chi connectivity index (χ2v) is 3.85. The number of H-pyrrole nitrogens is 1. The van der Waals surface area contributed by atoms with Gasteiger partial charge in [-0.1, -0.05) is 0 Å². The van der Waals surface area contributed by atoms with Crippen LogP contribution in [0.2, 0.25) is 0 Å². The molecule has 0 saturated carbocycles. The SMILES string of the molecule is O=C(COCC(F)(F)F)NC(Cc1cnc[nH]1)C(=O)O. The van der Waals surface area contributed by atoms with Crippen LogP contribution in [0.15, 0.2) is 12.5 Å². The highest BCUT2D eigenvalue weighted by Gasteiger charge is 2.28. The molecule has 0 fully saturated rings. The Morgan fingerprint density at radius 2 is 2.20 bits per heavy atom. The Balaban J connectivity index is 2.41. The molecule has 1 atom stereocenters. The van der Waals surface area contributed by atoms with E-state index in [1.807, 2.05) is 0 Å². The largest absolute Gasteiger partial charge is 0.480 e. The number of nitrogens with zero attached hydrogens (tertiary/aromatic N) is 1. The highest BCUT2D eigenvalue weighted by molar-refractivity contribution is 5.84. The van der Waals surface area contributed by atoms with Crippen LogP contribution in [0.4, 0.5) is 13.2 Å². The number of aromatic amines is 1. The van der Waals surface area contributed by atoms with Crippen LogP contribution in [0.3, 0.4) is 0 Å². The van der Waals surface area contributed by atoms with Gasteiger partial charge in [-0.3, -0.25) is 4.79 Å². The Morgan fingerprint density at radius 1 is 1.50 bits per heavy atom. The number of aromatic nitrogens is 2. The zero-order valence-electron chi connectivity index (χ0n) is 10.1. The fraction of sp³-hybridized carbons (Fsp3) is 0.500. The van der Waals surface area contributed by atoms with Gasteiger partial charge in [0.2, 0.25) is 5.91 Å². The first-order valence-electron chi connectivity index (χ1n) is 5.42. The normalized spacial score (nSPS) is 12.9. The van der Waals surface area contributed by atoms with Crippen LogP contribution in [0.1, 0.15) is 5.69 Å². The highest BCUT2D eigenvalue weighted by atomic mass is 19.4. The molecule has 0 aromatic carbocycles. The summed E-state index contributed by atoms with van der Waals surface area (Å²) in [5.41, 5.74) is 0.467. The molecular weight excluding hydrogens is 283 g/mol. The fourth-order valence-electron chi connectivity index (χ4n) is 1.31. The number of carbonyl (C=O) groups is 2. The molecule has 1 amide bonds. The number of carboxylic acids is 1. The summed E-state index contributed by atoms with van der Waals surface area (Å²) in [5.74, 6) is -2.26. The number of rotatable bonds is 7. The van der Waals surface area contributed by atoms with Crippen molar-refractivity contribution in [2.75, 3.05) is 13.2 Å². The van der Waals surface area contributed by atoms with E-state index >= 15 is 0 Å². The van der Waals surface area contributed by atoms with E-state index in [2.05, 4.69) is 20.0 Å². The Bertz CT molecular complexity index is 447. The van der Waals surface area contributed by atoms with Crippen molar-refractivity contribution in [3.8, 4) is 0 Å².